The zero-order valence-corrected chi connectivity index (χ0v) is 20.7. The lowest BCUT2D eigenvalue weighted by Crippen LogP contribution is -2.55. The van der Waals surface area contributed by atoms with Crippen LogP contribution >= 0.6 is 0 Å². The van der Waals surface area contributed by atoms with Gasteiger partial charge in [0.15, 0.2) is 5.78 Å². The number of primary amides is 1. The zero-order chi connectivity index (χ0) is 22.7. The molecule has 0 heterocycles. The highest BCUT2D eigenvalue weighted by molar-refractivity contribution is 6.07. The van der Waals surface area contributed by atoms with Crippen LogP contribution in [0.3, 0.4) is 0 Å². The summed E-state index contributed by atoms with van der Waals surface area (Å²) in [4.78, 5) is 24.7. The van der Waals surface area contributed by atoms with E-state index in [9.17, 15) is 9.59 Å². The minimum absolute atomic E-state index is 0.00142. The molecule has 0 radical (unpaired) electrons. The molecular weight excluding hydrogens is 406 g/mol. The molecule has 3 nitrogen and oxygen atoms in total. The number of allylic oxidation sites excluding steroid dienone is 1. The number of ketones is 1. The Hall–Kier alpha value is -1.12. The lowest BCUT2D eigenvalue weighted by atomic mass is 9.43. The molecule has 4 bridgehead atoms. The summed E-state index contributed by atoms with van der Waals surface area (Å²) in [5.41, 5.74) is 7.54. The van der Waals surface area contributed by atoms with Crippen molar-refractivity contribution < 1.29 is 9.59 Å². The van der Waals surface area contributed by atoms with Gasteiger partial charge in [0, 0.05) is 0 Å². The third-order valence-corrected chi connectivity index (χ3v) is 13.2. The lowest BCUT2D eigenvalue weighted by molar-refractivity contribution is -0.135. The molecule has 2 N–H and O–H groups in total. The molecule has 7 saturated carbocycles. The van der Waals surface area contributed by atoms with Crippen molar-refractivity contribution in [3.8, 4) is 0 Å². The molecular formula is C30H43NO2. The number of fused-ring (bicyclic) bond motifs is 5. The van der Waals surface area contributed by atoms with Crippen molar-refractivity contribution in [2.75, 3.05) is 0 Å². The van der Waals surface area contributed by atoms with Crippen LogP contribution in [0.25, 0.3) is 0 Å². The van der Waals surface area contributed by atoms with Gasteiger partial charge in [0.1, 0.15) is 5.92 Å². The molecule has 0 aliphatic heterocycles. The van der Waals surface area contributed by atoms with Crippen molar-refractivity contribution in [2.24, 2.45) is 75.7 Å². The van der Waals surface area contributed by atoms with Crippen LogP contribution in [0.1, 0.15) is 90.9 Å². The highest BCUT2D eigenvalue weighted by Gasteiger charge is 2.63. The largest absolute Gasteiger partial charge is 0.369 e. The number of carbonyl (C=O) groups is 2. The van der Waals surface area contributed by atoms with E-state index in [0.717, 1.165) is 53.8 Å². The van der Waals surface area contributed by atoms with Crippen molar-refractivity contribution in [3.05, 3.63) is 11.6 Å². The van der Waals surface area contributed by atoms with E-state index in [2.05, 4.69) is 13.8 Å². The second kappa shape index (κ2) is 6.97. The summed E-state index contributed by atoms with van der Waals surface area (Å²) >= 11 is 0. The van der Waals surface area contributed by atoms with Crippen molar-refractivity contribution in [1.82, 2.24) is 0 Å². The molecule has 180 valence electrons. The van der Waals surface area contributed by atoms with Gasteiger partial charge in [-0.1, -0.05) is 19.4 Å². The summed E-state index contributed by atoms with van der Waals surface area (Å²) in [5, 5.41) is 0. The number of rotatable bonds is 2. The van der Waals surface area contributed by atoms with Gasteiger partial charge in [0.2, 0.25) is 5.91 Å². The fourth-order valence-electron chi connectivity index (χ4n) is 12.2. The van der Waals surface area contributed by atoms with E-state index in [1.807, 2.05) is 6.08 Å². The Bertz CT molecular complexity index is 892. The molecule has 2 unspecified atom stereocenters. The smallest absolute Gasteiger partial charge is 0.228 e. The third kappa shape index (κ3) is 2.80. The third-order valence-electron chi connectivity index (χ3n) is 13.2. The second-order valence-electron chi connectivity index (χ2n) is 14.3. The van der Waals surface area contributed by atoms with Crippen LogP contribution < -0.4 is 5.73 Å². The fraction of sp³-hybridized carbons (Fsp3) is 0.867. The molecule has 0 aromatic heterocycles. The number of hydrogen-bond donors (Lipinski definition) is 1. The van der Waals surface area contributed by atoms with E-state index in [1.165, 1.54) is 37.7 Å². The normalized spacial score (nSPS) is 56.7. The number of amides is 1. The van der Waals surface area contributed by atoms with E-state index in [4.69, 9.17) is 5.73 Å². The molecule has 7 fully saturated rings. The number of hydrogen-bond acceptors (Lipinski definition) is 2. The molecule has 0 aromatic rings. The van der Waals surface area contributed by atoms with Crippen molar-refractivity contribution in [1.29, 1.82) is 0 Å². The predicted octanol–water partition coefficient (Wildman–Crippen LogP) is 5.92. The first-order valence-corrected chi connectivity index (χ1v) is 14.3. The first-order valence-electron chi connectivity index (χ1n) is 14.3. The standard InChI is InChI=1S/C30H43NO2/c1-29-8-7-24-21(4-3-20-14-26(32)22(28(31)33)15-30(20,24)2)23(29)5-6-25(29)27-18-10-16-9-17(12-18)13-19(27)11-16/h14,16-19,21-25,27H,3-13,15H2,1-2H3,(H2,31,33)/t16?,17?,18?,19?,21-,22?,23-,24+,25?,27?,29-,30-/m0/s1. The maximum Gasteiger partial charge on any atom is 0.228 e. The highest BCUT2D eigenvalue weighted by atomic mass is 16.2. The molecule has 1 amide bonds. The quantitative estimate of drug-likeness (QED) is 0.532. The molecule has 8 aliphatic rings. The van der Waals surface area contributed by atoms with E-state index in [0.29, 0.717) is 17.8 Å². The minimum atomic E-state index is -0.602. The van der Waals surface area contributed by atoms with Gasteiger partial charge < -0.3 is 5.73 Å². The molecule has 33 heavy (non-hydrogen) atoms. The van der Waals surface area contributed by atoms with Gasteiger partial charge in [0.25, 0.3) is 0 Å². The van der Waals surface area contributed by atoms with Crippen LogP contribution in [0.4, 0.5) is 0 Å². The van der Waals surface area contributed by atoms with E-state index < -0.39 is 11.8 Å². The van der Waals surface area contributed by atoms with Crippen molar-refractivity contribution in [3.63, 3.8) is 0 Å². The average Bonchev–Trinajstić information content (AvgIpc) is 3.10. The zero-order valence-electron chi connectivity index (χ0n) is 20.7. The first kappa shape index (κ1) is 21.2. The van der Waals surface area contributed by atoms with E-state index >= 15 is 0 Å². The van der Waals surface area contributed by atoms with Crippen LogP contribution in [0.5, 0.6) is 0 Å². The summed E-state index contributed by atoms with van der Waals surface area (Å²) in [5.74, 6) is 7.39. The van der Waals surface area contributed by atoms with Crippen LogP contribution in [-0.4, -0.2) is 11.7 Å². The second-order valence-corrected chi connectivity index (χ2v) is 14.3. The van der Waals surface area contributed by atoms with Gasteiger partial charge in [-0.25, -0.2) is 0 Å². The summed E-state index contributed by atoms with van der Waals surface area (Å²) in [6.07, 6.45) is 18.1. The summed E-state index contributed by atoms with van der Waals surface area (Å²) in [6.45, 7) is 5.09. The van der Waals surface area contributed by atoms with Crippen LogP contribution in [-0.2, 0) is 9.59 Å². The molecule has 0 aromatic carbocycles. The van der Waals surface area contributed by atoms with Gasteiger partial charge in [-0.05, 0) is 147 Å². The van der Waals surface area contributed by atoms with Gasteiger partial charge >= 0.3 is 0 Å². The monoisotopic (exact) mass is 449 g/mol. The fourth-order valence-corrected chi connectivity index (χ4v) is 12.2. The topological polar surface area (TPSA) is 60.2 Å². The molecule has 7 atom stereocenters. The molecule has 0 saturated heterocycles. The SMILES string of the molecule is C[C@]12CC(C(N)=O)C(=O)C=C1CC[C@@H]1[C@H]2CC[C@]2(C)C(C3C4CC5CC(C4)CC3C5)CC[C@@H]12. The molecule has 0 spiro atoms. The van der Waals surface area contributed by atoms with E-state index in [-0.39, 0.29) is 11.2 Å². The minimum Gasteiger partial charge on any atom is -0.369 e. The van der Waals surface area contributed by atoms with Gasteiger partial charge in [-0.3, -0.25) is 9.59 Å². The van der Waals surface area contributed by atoms with Crippen molar-refractivity contribution in [2.45, 2.75) is 90.9 Å². The molecule has 3 heteroatoms. The van der Waals surface area contributed by atoms with Crippen molar-refractivity contribution >= 4 is 11.7 Å². The Balaban J connectivity index is 1.17. The van der Waals surface area contributed by atoms with Gasteiger partial charge in [-0.2, -0.15) is 0 Å². The molecule has 8 rings (SSSR count). The van der Waals surface area contributed by atoms with Crippen LogP contribution in [0.15, 0.2) is 11.6 Å². The van der Waals surface area contributed by atoms with Crippen LogP contribution in [0.2, 0.25) is 0 Å². The maximum atomic E-state index is 12.6. The lowest BCUT2D eigenvalue weighted by Gasteiger charge is -2.62. The maximum absolute atomic E-state index is 12.6. The van der Waals surface area contributed by atoms with Gasteiger partial charge in [0.05, 0.1) is 0 Å². The van der Waals surface area contributed by atoms with E-state index in [1.54, 1.807) is 32.1 Å². The Kier molecular flexibility index (Phi) is 4.48. The summed E-state index contributed by atoms with van der Waals surface area (Å²) in [6, 6.07) is 0. The average molecular weight is 450 g/mol. The van der Waals surface area contributed by atoms with Gasteiger partial charge in [-0.15, -0.1) is 0 Å². The Labute approximate surface area is 199 Å². The Morgan fingerprint density at radius 2 is 1.58 bits per heavy atom. The summed E-state index contributed by atoms with van der Waals surface area (Å²) < 4.78 is 0. The van der Waals surface area contributed by atoms with Crippen LogP contribution in [0, 0.1) is 70.0 Å². The Morgan fingerprint density at radius 3 is 2.24 bits per heavy atom. The Morgan fingerprint density at radius 1 is 0.909 bits per heavy atom. The molecule has 8 aliphatic carbocycles. The summed E-state index contributed by atoms with van der Waals surface area (Å²) in [7, 11) is 0. The first-order chi connectivity index (χ1) is 15.8. The highest BCUT2D eigenvalue weighted by Crippen LogP contribution is 2.71. The number of nitrogens with two attached hydrogens (primary N) is 1. The predicted molar refractivity (Wildman–Crippen MR) is 129 cm³/mol. The number of carbonyl (C=O) groups excluding carboxylic acids is 2.